The Kier molecular flexibility index (Phi) is 5.93. The molecule has 0 radical (unpaired) electrons. The van der Waals surface area contributed by atoms with Gasteiger partial charge < -0.3 is 10.2 Å². The van der Waals surface area contributed by atoms with Crippen molar-refractivity contribution in [3.05, 3.63) is 29.8 Å². The maximum absolute atomic E-state index is 13.2. The number of nitrogens with zero attached hydrogens (tertiary/aromatic N) is 2. The topological polar surface area (TPSA) is 44.7 Å². The minimum atomic E-state index is -0.703. The van der Waals surface area contributed by atoms with Crippen LogP contribution >= 0.6 is 11.8 Å². The van der Waals surface area contributed by atoms with E-state index in [9.17, 15) is 13.6 Å². The number of amides is 1. The molecule has 1 aromatic carbocycles. The summed E-state index contributed by atoms with van der Waals surface area (Å²) < 4.78 is 26.4. The number of thioether (sulfide) groups is 1. The number of halogens is 2. The second-order valence-electron chi connectivity index (χ2n) is 6.69. The fourth-order valence-corrected chi connectivity index (χ4v) is 4.54. The Bertz CT molecular complexity index is 641. The van der Waals surface area contributed by atoms with Gasteiger partial charge in [0.05, 0.1) is 6.04 Å². The minimum Gasteiger partial charge on any atom is -0.350 e. The number of amidine groups is 1. The van der Waals surface area contributed by atoms with Crippen LogP contribution < -0.4 is 5.32 Å². The Morgan fingerprint density at radius 1 is 1.24 bits per heavy atom. The van der Waals surface area contributed by atoms with Gasteiger partial charge in [0, 0.05) is 37.0 Å². The van der Waals surface area contributed by atoms with E-state index in [4.69, 9.17) is 4.99 Å². The smallest absolute Gasteiger partial charge is 0.226 e. The lowest BCUT2D eigenvalue weighted by molar-refractivity contribution is -0.116. The van der Waals surface area contributed by atoms with Gasteiger partial charge in [-0.25, -0.2) is 8.78 Å². The molecule has 1 aliphatic carbocycles. The summed E-state index contributed by atoms with van der Waals surface area (Å²) in [5, 5.41) is 3.57. The molecule has 1 N–H and O–H groups in total. The Morgan fingerprint density at radius 3 is 2.60 bits per heavy atom. The van der Waals surface area contributed by atoms with Gasteiger partial charge in [0.15, 0.2) is 5.17 Å². The predicted molar refractivity (Wildman–Crippen MR) is 97.9 cm³/mol. The average Bonchev–Trinajstić information content (AvgIpc) is 2.88. The summed E-state index contributed by atoms with van der Waals surface area (Å²) in [6, 6.07) is 3.46. The average molecular weight is 367 g/mol. The van der Waals surface area contributed by atoms with Gasteiger partial charge in [-0.05, 0) is 25.0 Å². The van der Waals surface area contributed by atoms with Gasteiger partial charge in [0.2, 0.25) is 5.91 Å². The van der Waals surface area contributed by atoms with E-state index in [2.05, 4.69) is 10.2 Å². The Labute approximate surface area is 151 Å². The quantitative estimate of drug-likeness (QED) is 0.874. The van der Waals surface area contributed by atoms with Crippen molar-refractivity contribution in [1.82, 2.24) is 4.90 Å². The number of hydrogen-bond acceptors (Lipinski definition) is 3. The highest BCUT2D eigenvalue weighted by atomic mass is 32.2. The molecule has 136 valence electrons. The number of hydrogen-bond donors (Lipinski definition) is 1. The summed E-state index contributed by atoms with van der Waals surface area (Å²) >= 11 is 1.68. The van der Waals surface area contributed by atoms with Crippen molar-refractivity contribution >= 4 is 28.5 Å². The molecule has 0 aromatic heterocycles. The molecule has 2 aliphatic rings. The first-order chi connectivity index (χ1) is 12.0. The molecule has 7 heteroatoms. The second-order valence-corrected chi connectivity index (χ2v) is 7.68. The van der Waals surface area contributed by atoms with Crippen LogP contribution in [-0.4, -0.2) is 40.9 Å². The van der Waals surface area contributed by atoms with Crippen molar-refractivity contribution in [3.63, 3.8) is 0 Å². The van der Waals surface area contributed by atoms with E-state index in [0.29, 0.717) is 6.04 Å². The first kappa shape index (κ1) is 18.2. The van der Waals surface area contributed by atoms with Crippen molar-refractivity contribution in [2.24, 2.45) is 4.99 Å². The lowest BCUT2D eigenvalue weighted by atomic mass is 9.96. The van der Waals surface area contributed by atoms with Crippen molar-refractivity contribution in [2.75, 3.05) is 18.1 Å². The van der Waals surface area contributed by atoms with Crippen molar-refractivity contribution < 1.29 is 13.6 Å². The maximum atomic E-state index is 13.2. The van der Waals surface area contributed by atoms with Crippen LogP contribution in [0.15, 0.2) is 23.2 Å². The number of anilines is 1. The van der Waals surface area contributed by atoms with E-state index in [1.807, 2.05) is 7.05 Å². The molecule has 4 nitrogen and oxygen atoms in total. The van der Waals surface area contributed by atoms with Crippen LogP contribution in [0, 0.1) is 11.6 Å². The minimum absolute atomic E-state index is 0.0470. The first-order valence-corrected chi connectivity index (χ1v) is 9.69. The van der Waals surface area contributed by atoms with E-state index in [-0.39, 0.29) is 24.1 Å². The van der Waals surface area contributed by atoms with Gasteiger partial charge in [-0.2, -0.15) is 0 Å². The number of carbonyl (C=O) groups excluding carboxylic acids is 1. The van der Waals surface area contributed by atoms with Crippen LogP contribution in [0.4, 0.5) is 14.5 Å². The Hall–Kier alpha value is -1.63. The molecule has 0 bridgehead atoms. The number of rotatable bonds is 4. The Balaban J connectivity index is 1.55. The summed E-state index contributed by atoms with van der Waals surface area (Å²) in [7, 11) is 1.96. The van der Waals surface area contributed by atoms with Crippen LogP contribution in [0.2, 0.25) is 0 Å². The van der Waals surface area contributed by atoms with E-state index >= 15 is 0 Å². The Morgan fingerprint density at radius 2 is 1.92 bits per heavy atom. The molecule has 1 aromatic rings. The standard InChI is InChI=1S/C18H23F2N3OS/c1-23-16(11-25-18(23)22-14-5-3-2-4-6-14)10-17(24)21-15-8-12(19)7-13(20)9-15/h7-9,14,16H,2-6,10-11H2,1H3,(H,21,24). The van der Waals surface area contributed by atoms with E-state index < -0.39 is 11.6 Å². The molecule has 1 atom stereocenters. The van der Waals surface area contributed by atoms with E-state index in [1.165, 1.54) is 19.3 Å². The van der Waals surface area contributed by atoms with Crippen molar-refractivity contribution in [3.8, 4) is 0 Å². The van der Waals surface area contributed by atoms with Gasteiger partial charge in [-0.1, -0.05) is 31.0 Å². The maximum Gasteiger partial charge on any atom is 0.226 e. The normalized spacial score (nSPS) is 23.2. The number of benzene rings is 1. The van der Waals surface area contributed by atoms with Crippen LogP contribution in [0.25, 0.3) is 0 Å². The molecule has 0 spiro atoms. The highest BCUT2D eigenvalue weighted by Crippen LogP contribution is 2.28. The monoisotopic (exact) mass is 367 g/mol. The number of carbonyl (C=O) groups is 1. The van der Waals surface area contributed by atoms with E-state index in [1.54, 1.807) is 11.8 Å². The highest BCUT2D eigenvalue weighted by molar-refractivity contribution is 8.14. The third kappa shape index (κ3) is 4.93. The van der Waals surface area contributed by atoms with Crippen LogP contribution in [-0.2, 0) is 4.79 Å². The largest absolute Gasteiger partial charge is 0.350 e. The van der Waals surface area contributed by atoms with Gasteiger partial charge in [0.25, 0.3) is 0 Å². The summed E-state index contributed by atoms with van der Waals surface area (Å²) in [5.74, 6) is -0.856. The number of nitrogens with one attached hydrogen (secondary N) is 1. The fraction of sp³-hybridized carbons (Fsp3) is 0.556. The summed E-state index contributed by atoms with van der Waals surface area (Å²) in [6.45, 7) is 0. The molecule has 1 heterocycles. The van der Waals surface area contributed by atoms with Crippen molar-refractivity contribution in [2.45, 2.75) is 50.6 Å². The summed E-state index contributed by atoms with van der Waals surface area (Å²) in [4.78, 5) is 19.1. The zero-order valence-corrected chi connectivity index (χ0v) is 15.1. The van der Waals surface area contributed by atoms with Gasteiger partial charge in [-0.3, -0.25) is 9.79 Å². The molecule has 1 saturated heterocycles. The lowest BCUT2D eigenvalue weighted by Crippen LogP contribution is -2.34. The van der Waals surface area contributed by atoms with Gasteiger partial charge in [-0.15, -0.1) is 0 Å². The zero-order valence-electron chi connectivity index (χ0n) is 14.3. The molecule has 1 unspecified atom stereocenters. The van der Waals surface area contributed by atoms with Gasteiger partial charge in [0.1, 0.15) is 11.6 Å². The molecule has 3 rings (SSSR count). The molecular weight excluding hydrogens is 344 g/mol. The number of aliphatic imine (C=N–C) groups is 1. The summed E-state index contributed by atoms with van der Waals surface area (Å²) in [6.07, 6.45) is 6.35. The third-order valence-corrected chi connectivity index (χ3v) is 5.89. The third-order valence-electron chi connectivity index (χ3n) is 4.69. The predicted octanol–water partition coefficient (Wildman–Crippen LogP) is 4.03. The summed E-state index contributed by atoms with van der Waals surface area (Å²) in [5.41, 5.74) is 0.145. The highest BCUT2D eigenvalue weighted by Gasteiger charge is 2.30. The first-order valence-electron chi connectivity index (χ1n) is 8.70. The van der Waals surface area contributed by atoms with E-state index in [0.717, 1.165) is 42.0 Å². The zero-order chi connectivity index (χ0) is 17.8. The second kappa shape index (κ2) is 8.17. The van der Waals surface area contributed by atoms with Gasteiger partial charge >= 0.3 is 0 Å². The molecule has 1 aliphatic heterocycles. The lowest BCUT2D eigenvalue weighted by Gasteiger charge is -2.23. The molecule has 2 fully saturated rings. The molecule has 1 amide bonds. The molecular formula is C18H23F2N3OS. The van der Waals surface area contributed by atoms with Crippen LogP contribution in [0.3, 0.4) is 0 Å². The molecule has 1 saturated carbocycles. The SMILES string of the molecule is CN1C(=NC2CCCCC2)SCC1CC(=O)Nc1cc(F)cc(F)c1. The van der Waals surface area contributed by atoms with Crippen molar-refractivity contribution in [1.29, 1.82) is 0 Å². The fourth-order valence-electron chi connectivity index (χ4n) is 3.28. The van der Waals surface area contributed by atoms with Crippen LogP contribution in [0.1, 0.15) is 38.5 Å². The molecule has 25 heavy (non-hydrogen) atoms. The van der Waals surface area contributed by atoms with Crippen LogP contribution in [0.5, 0.6) is 0 Å².